The highest BCUT2D eigenvalue weighted by atomic mass is 16.3. The zero-order valence-electron chi connectivity index (χ0n) is 15.4. The van der Waals surface area contributed by atoms with E-state index in [4.69, 9.17) is 5.84 Å². The minimum absolute atomic E-state index is 0.177. The number of amides is 1. The molecular formula is C22H21N3O2. The van der Waals surface area contributed by atoms with Gasteiger partial charge < -0.3 is 5.11 Å². The van der Waals surface area contributed by atoms with Crippen molar-refractivity contribution in [1.29, 1.82) is 0 Å². The summed E-state index contributed by atoms with van der Waals surface area (Å²) in [6.07, 6.45) is 4.20. The number of rotatable bonds is 2. The van der Waals surface area contributed by atoms with Gasteiger partial charge in [0.15, 0.2) is 0 Å². The number of phenolic OH excluding ortho intramolecular Hbond substituents is 1. The van der Waals surface area contributed by atoms with Crippen LogP contribution in [-0.4, -0.2) is 27.6 Å². The Hall–Kier alpha value is -3.18. The summed E-state index contributed by atoms with van der Waals surface area (Å²) in [5.74, 6) is 5.95. The highest BCUT2D eigenvalue weighted by Gasteiger charge is 2.26. The van der Waals surface area contributed by atoms with E-state index in [0.717, 1.165) is 38.9 Å². The van der Waals surface area contributed by atoms with E-state index < -0.39 is 0 Å². The monoisotopic (exact) mass is 359 g/mol. The summed E-state index contributed by atoms with van der Waals surface area (Å²) in [4.78, 5) is 16.9. The van der Waals surface area contributed by atoms with Gasteiger partial charge in [-0.05, 0) is 89.5 Å². The van der Waals surface area contributed by atoms with Gasteiger partial charge in [0.05, 0.1) is 0 Å². The van der Waals surface area contributed by atoms with Gasteiger partial charge in [0.25, 0.3) is 5.91 Å². The number of carbonyl (C=O) groups is 1. The molecule has 3 N–H and O–H groups in total. The molecule has 1 aliphatic rings. The lowest BCUT2D eigenvalue weighted by atomic mass is 9.85. The molecule has 2 aromatic carbocycles. The van der Waals surface area contributed by atoms with Crippen LogP contribution in [0.15, 0.2) is 48.8 Å². The zero-order valence-corrected chi connectivity index (χ0v) is 15.4. The summed E-state index contributed by atoms with van der Waals surface area (Å²) in [5.41, 5.74) is 7.32. The van der Waals surface area contributed by atoms with Crippen molar-refractivity contribution >= 4 is 5.91 Å². The van der Waals surface area contributed by atoms with Crippen molar-refractivity contribution in [2.75, 3.05) is 6.54 Å². The van der Waals surface area contributed by atoms with E-state index in [1.54, 1.807) is 18.5 Å². The molecule has 0 bridgehead atoms. The molecule has 27 heavy (non-hydrogen) atoms. The Morgan fingerprint density at radius 3 is 2.48 bits per heavy atom. The van der Waals surface area contributed by atoms with Gasteiger partial charge in [0.1, 0.15) is 5.75 Å². The fourth-order valence-corrected chi connectivity index (χ4v) is 3.83. The number of pyridine rings is 1. The number of phenols is 1. The number of benzene rings is 2. The normalized spacial score (nSPS) is 13.6. The molecule has 2 heterocycles. The standard InChI is InChI=1S/C22H21N3O2/c1-13-3-4-20(26)14(2)21(13)16-11-18(15-5-8-24-9-6-15)17-7-10-25(23)22(27)19(17)12-16/h3-6,8-9,11-12,26H,7,10,23H2,1-2H3. The molecule has 0 atom stereocenters. The molecule has 136 valence electrons. The average Bonchev–Trinajstić information content (AvgIpc) is 2.68. The number of aromatic hydroxyl groups is 1. The summed E-state index contributed by atoms with van der Waals surface area (Å²) in [7, 11) is 0. The lowest BCUT2D eigenvalue weighted by molar-refractivity contribution is 0.0740. The minimum atomic E-state index is -0.177. The number of fused-ring (bicyclic) bond motifs is 1. The molecule has 0 fully saturated rings. The molecular weight excluding hydrogens is 338 g/mol. The first-order chi connectivity index (χ1) is 13.0. The maximum Gasteiger partial charge on any atom is 0.268 e. The van der Waals surface area contributed by atoms with E-state index in [2.05, 4.69) is 11.1 Å². The van der Waals surface area contributed by atoms with Gasteiger partial charge in [0.2, 0.25) is 0 Å². The van der Waals surface area contributed by atoms with Gasteiger partial charge in [-0.15, -0.1) is 0 Å². The van der Waals surface area contributed by atoms with Crippen LogP contribution in [0.3, 0.4) is 0 Å². The third-order valence-electron chi connectivity index (χ3n) is 5.27. The first-order valence-electron chi connectivity index (χ1n) is 8.91. The van der Waals surface area contributed by atoms with Crippen LogP contribution >= 0.6 is 0 Å². The van der Waals surface area contributed by atoms with Gasteiger partial charge in [-0.1, -0.05) is 6.07 Å². The number of hydrogen-bond acceptors (Lipinski definition) is 4. The molecule has 0 unspecified atom stereocenters. The van der Waals surface area contributed by atoms with Crippen LogP contribution in [0.1, 0.15) is 27.0 Å². The number of aryl methyl sites for hydroxylation is 1. The number of hydrogen-bond donors (Lipinski definition) is 2. The Labute approximate surface area is 158 Å². The van der Waals surface area contributed by atoms with Gasteiger partial charge in [-0.3, -0.25) is 14.8 Å². The maximum atomic E-state index is 12.8. The van der Waals surface area contributed by atoms with Crippen LogP contribution in [0.25, 0.3) is 22.3 Å². The summed E-state index contributed by atoms with van der Waals surface area (Å²) in [6, 6.07) is 11.5. The minimum Gasteiger partial charge on any atom is -0.508 e. The second-order valence-electron chi connectivity index (χ2n) is 6.94. The third kappa shape index (κ3) is 2.86. The summed E-state index contributed by atoms with van der Waals surface area (Å²) in [5, 5.41) is 11.5. The van der Waals surface area contributed by atoms with E-state index in [1.807, 2.05) is 38.1 Å². The molecule has 4 rings (SSSR count). The van der Waals surface area contributed by atoms with Crippen molar-refractivity contribution in [3.8, 4) is 28.0 Å². The van der Waals surface area contributed by atoms with Crippen molar-refractivity contribution in [2.24, 2.45) is 5.84 Å². The topological polar surface area (TPSA) is 79.5 Å². The Morgan fingerprint density at radius 1 is 1.04 bits per heavy atom. The summed E-state index contributed by atoms with van der Waals surface area (Å²) >= 11 is 0. The summed E-state index contributed by atoms with van der Waals surface area (Å²) in [6.45, 7) is 4.39. The first-order valence-corrected chi connectivity index (χ1v) is 8.91. The maximum absolute atomic E-state index is 12.8. The second kappa shape index (κ2) is 6.52. The van der Waals surface area contributed by atoms with Gasteiger partial charge in [-0.2, -0.15) is 0 Å². The van der Waals surface area contributed by atoms with Crippen LogP contribution in [0, 0.1) is 13.8 Å². The van der Waals surface area contributed by atoms with Crippen molar-refractivity contribution in [1.82, 2.24) is 9.99 Å². The van der Waals surface area contributed by atoms with Gasteiger partial charge in [-0.25, -0.2) is 5.84 Å². The smallest absolute Gasteiger partial charge is 0.268 e. The molecule has 1 amide bonds. The SMILES string of the molecule is Cc1ccc(O)c(C)c1-c1cc2c(c(-c3ccncc3)c1)CCN(N)C2=O. The highest BCUT2D eigenvalue weighted by Crippen LogP contribution is 2.38. The quantitative estimate of drug-likeness (QED) is 0.541. The van der Waals surface area contributed by atoms with Crippen LogP contribution in [0.5, 0.6) is 5.75 Å². The number of aromatic nitrogens is 1. The first kappa shape index (κ1) is 17.2. The molecule has 1 aliphatic heterocycles. The average molecular weight is 359 g/mol. The second-order valence-corrected chi connectivity index (χ2v) is 6.94. The number of carbonyl (C=O) groups excluding carboxylic acids is 1. The van der Waals surface area contributed by atoms with E-state index in [-0.39, 0.29) is 11.7 Å². The van der Waals surface area contributed by atoms with Gasteiger partial charge >= 0.3 is 0 Å². The number of nitrogens with two attached hydrogens (primary N) is 1. The summed E-state index contributed by atoms with van der Waals surface area (Å²) < 4.78 is 0. The Kier molecular flexibility index (Phi) is 4.16. The van der Waals surface area contributed by atoms with Crippen LogP contribution < -0.4 is 5.84 Å². The van der Waals surface area contributed by atoms with Crippen LogP contribution in [-0.2, 0) is 6.42 Å². The largest absolute Gasteiger partial charge is 0.508 e. The van der Waals surface area contributed by atoms with Crippen LogP contribution in [0.2, 0.25) is 0 Å². The van der Waals surface area contributed by atoms with E-state index in [9.17, 15) is 9.90 Å². The predicted molar refractivity (Wildman–Crippen MR) is 105 cm³/mol. The molecule has 1 aromatic heterocycles. The highest BCUT2D eigenvalue weighted by molar-refractivity contribution is 6.00. The van der Waals surface area contributed by atoms with Crippen molar-refractivity contribution in [2.45, 2.75) is 20.3 Å². The van der Waals surface area contributed by atoms with E-state index in [1.165, 1.54) is 5.01 Å². The van der Waals surface area contributed by atoms with E-state index >= 15 is 0 Å². The molecule has 5 nitrogen and oxygen atoms in total. The number of nitrogens with zero attached hydrogens (tertiary/aromatic N) is 2. The van der Waals surface area contributed by atoms with Crippen molar-refractivity contribution in [3.05, 3.63) is 71.0 Å². The lowest BCUT2D eigenvalue weighted by Crippen LogP contribution is -2.42. The third-order valence-corrected chi connectivity index (χ3v) is 5.27. The molecule has 0 spiro atoms. The number of hydrazine groups is 1. The van der Waals surface area contributed by atoms with Gasteiger partial charge in [0, 0.05) is 24.5 Å². The fraction of sp³-hybridized carbons (Fsp3) is 0.182. The van der Waals surface area contributed by atoms with E-state index in [0.29, 0.717) is 18.5 Å². The lowest BCUT2D eigenvalue weighted by Gasteiger charge is -2.27. The fourth-order valence-electron chi connectivity index (χ4n) is 3.83. The Balaban J connectivity index is 2.03. The molecule has 0 saturated carbocycles. The van der Waals surface area contributed by atoms with Crippen LogP contribution in [0.4, 0.5) is 0 Å². The Bertz CT molecular complexity index is 1050. The van der Waals surface area contributed by atoms with Crippen molar-refractivity contribution < 1.29 is 9.90 Å². The molecule has 5 heteroatoms. The molecule has 0 saturated heterocycles. The molecule has 0 radical (unpaired) electrons. The molecule has 0 aliphatic carbocycles. The molecule has 3 aromatic rings. The predicted octanol–water partition coefficient (Wildman–Crippen LogP) is 3.61. The van der Waals surface area contributed by atoms with Crippen molar-refractivity contribution in [3.63, 3.8) is 0 Å². The zero-order chi connectivity index (χ0) is 19.1. The Morgan fingerprint density at radius 2 is 1.74 bits per heavy atom.